The van der Waals surface area contributed by atoms with Crippen LogP contribution in [0.1, 0.15) is 51.8 Å². The van der Waals surface area contributed by atoms with Crippen LogP contribution in [0.15, 0.2) is 46.6 Å². The van der Waals surface area contributed by atoms with Crippen LogP contribution < -0.4 is 10.5 Å². The second kappa shape index (κ2) is 9.02. The Morgan fingerprint density at radius 3 is 2.39 bits per heavy atom. The number of esters is 1. The van der Waals surface area contributed by atoms with Crippen LogP contribution in [0.3, 0.4) is 0 Å². The third-order valence-electron chi connectivity index (χ3n) is 6.78. The molecule has 2 aliphatic rings. The number of thiophene rings is 1. The number of hydrogen-bond donors (Lipinski definition) is 0. The van der Waals surface area contributed by atoms with Crippen molar-refractivity contribution in [3.05, 3.63) is 62.6 Å². The molecule has 1 aliphatic heterocycles. The first-order chi connectivity index (χ1) is 16.1. The number of para-hydroxylation sites is 1. The summed E-state index contributed by atoms with van der Waals surface area (Å²) in [5.74, 6) is -0.580. The lowest BCUT2D eigenvalue weighted by atomic mass is 10.0. The monoisotopic (exact) mass is 465 g/mol. The van der Waals surface area contributed by atoms with E-state index in [-0.39, 0.29) is 23.1 Å². The highest BCUT2D eigenvalue weighted by Gasteiger charge is 2.32. The van der Waals surface area contributed by atoms with Crippen molar-refractivity contribution < 1.29 is 14.3 Å². The highest BCUT2D eigenvalue weighted by molar-refractivity contribution is 7.12. The molecule has 1 aliphatic carbocycles. The van der Waals surface area contributed by atoms with Crippen LogP contribution >= 0.6 is 11.3 Å². The quantitative estimate of drug-likeness (QED) is 0.546. The normalized spacial score (nSPS) is 17.0. The minimum absolute atomic E-state index is 0.0272. The fraction of sp³-hybridized carbons (Fsp3) is 0.400. The number of benzene rings is 1. The molecule has 1 saturated carbocycles. The third-order valence-corrected chi connectivity index (χ3v) is 7.64. The van der Waals surface area contributed by atoms with Gasteiger partial charge in [-0.05, 0) is 30.4 Å². The highest BCUT2D eigenvalue weighted by atomic mass is 32.1. The standard InChI is InChI=1S/C25H27N3O4S/c1-32-25(31)21-22(26-12-14-27(15-13-26)23(29)20-11-6-16-33-20)18-9-4-5-10-19(18)28(24(21)30)17-7-2-3-8-17/h4-6,9-11,16-17H,2-3,7-8,12-15H2,1H3. The summed E-state index contributed by atoms with van der Waals surface area (Å²) >= 11 is 1.44. The van der Waals surface area contributed by atoms with Crippen molar-refractivity contribution in [2.45, 2.75) is 31.7 Å². The van der Waals surface area contributed by atoms with E-state index < -0.39 is 5.97 Å². The molecule has 0 bridgehead atoms. The fourth-order valence-electron chi connectivity index (χ4n) is 5.18. The number of hydrogen-bond acceptors (Lipinski definition) is 6. The molecule has 2 aromatic heterocycles. The van der Waals surface area contributed by atoms with Gasteiger partial charge in [0.2, 0.25) is 0 Å². The fourth-order valence-corrected chi connectivity index (χ4v) is 5.87. The first-order valence-corrected chi connectivity index (χ1v) is 12.3. The van der Waals surface area contributed by atoms with Gasteiger partial charge in [0.1, 0.15) is 5.56 Å². The Bertz CT molecular complexity index is 1240. The van der Waals surface area contributed by atoms with E-state index in [2.05, 4.69) is 4.90 Å². The molecule has 5 rings (SSSR count). The Labute approximate surface area is 196 Å². The number of amides is 1. The minimum atomic E-state index is -0.607. The predicted octanol–water partition coefficient (Wildman–Crippen LogP) is 3.93. The molecule has 3 heterocycles. The van der Waals surface area contributed by atoms with Crippen molar-refractivity contribution in [1.29, 1.82) is 0 Å². The van der Waals surface area contributed by atoms with Crippen molar-refractivity contribution in [1.82, 2.24) is 9.47 Å². The van der Waals surface area contributed by atoms with Gasteiger partial charge in [0, 0.05) is 37.6 Å². The second-order valence-corrected chi connectivity index (χ2v) is 9.55. The minimum Gasteiger partial charge on any atom is -0.465 e. The molecule has 0 unspecified atom stereocenters. The van der Waals surface area contributed by atoms with Gasteiger partial charge in [0.15, 0.2) is 0 Å². The molecule has 0 radical (unpaired) electrons. The summed E-state index contributed by atoms with van der Waals surface area (Å²) in [6.45, 7) is 2.13. The predicted molar refractivity (Wildman–Crippen MR) is 129 cm³/mol. The second-order valence-electron chi connectivity index (χ2n) is 8.60. The molecule has 172 valence electrons. The summed E-state index contributed by atoms with van der Waals surface area (Å²) in [7, 11) is 1.32. The highest BCUT2D eigenvalue weighted by Crippen LogP contribution is 2.36. The molecule has 8 heteroatoms. The van der Waals surface area contributed by atoms with Gasteiger partial charge in [-0.2, -0.15) is 0 Å². The number of carbonyl (C=O) groups is 2. The van der Waals surface area contributed by atoms with Gasteiger partial charge >= 0.3 is 5.97 Å². The SMILES string of the molecule is COC(=O)c1c(N2CCN(C(=O)c3cccs3)CC2)c2ccccc2n(C2CCCC2)c1=O. The smallest absolute Gasteiger partial charge is 0.345 e. The van der Waals surface area contributed by atoms with Gasteiger partial charge in [-0.1, -0.05) is 37.1 Å². The first kappa shape index (κ1) is 21.7. The van der Waals surface area contributed by atoms with Gasteiger partial charge in [0.25, 0.3) is 11.5 Å². The Hall–Kier alpha value is -3.13. The topological polar surface area (TPSA) is 71.8 Å². The molecule has 1 amide bonds. The maximum Gasteiger partial charge on any atom is 0.345 e. The summed E-state index contributed by atoms with van der Waals surface area (Å²) in [6, 6.07) is 11.6. The number of piperazine rings is 1. The van der Waals surface area contributed by atoms with Crippen LogP contribution in [0, 0.1) is 0 Å². The summed E-state index contributed by atoms with van der Waals surface area (Å²) < 4.78 is 6.90. The zero-order chi connectivity index (χ0) is 22.9. The van der Waals surface area contributed by atoms with Crippen LogP contribution in [0.25, 0.3) is 10.9 Å². The molecule has 0 spiro atoms. The van der Waals surface area contributed by atoms with Crippen LogP contribution in [0.4, 0.5) is 5.69 Å². The van der Waals surface area contributed by atoms with E-state index in [1.54, 1.807) is 0 Å². The maximum absolute atomic E-state index is 13.7. The summed E-state index contributed by atoms with van der Waals surface area (Å²) in [4.78, 5) is 44.0. The van der Waals surface area contributed by atoms with Gasteiger partial charge in [-0.3, -0.25) is 9.59 Å². The molecule has 7 nitrogen and oxygen atoms in total. The number of fused-ring (bicyclic) bond motifs is 1. The number of nitrogens with zero attached hydrogens (tertiary/aromatic N) is 3. The number of rotatable bonds is 4. The molecule has 0 N–H and O–H groups in total. The van der Waals surface area contributed by atoms with Crippen LogP contribution in [-0.4, -0.2) is 54.6 Å². The number of anilines is 1. The Kier molecular flexibility index (Phi) is 5.93. The molecule has 3 aromatic rings. The van der Waals surface area contributed by atoms with E-state index >= 15 is 0 Å². The van der Waals surface area contributed by atoms with Crippen molar-refractivity contribution in [3.63, 3.8) is 0 Å². The lowest BCUT2D eigenvalue weighted by Crippen LogP contribution is -2.49. The zero-order valence-electron chi connectivity index (χ0n) is 18.7. The third kappa shape index (κ3) is 3.82. The van der Waals surface area contributed by atoms with Crippen LogP contribution in [-0.2, 0) is 4.74 Å². The molecule has 33 heavy (non-hydrogen) atoms. The lowest BCUT2D eigenvalue weighted by Gasteiger charge is -2.37. The molecule has 1 aromatic carbocycles. The van der Waals surface area contributed by atoms with E-state index in [1.807, 2.05) is 51.2 Å². The molecular weight excluding hydrogens is 438 g/mol. The van der Waals surface area contributed by atoms with Gasteiger partial charge in [-0.25, -0.2) is 4.79 Å². The molecular formula is C25H27N3O4S. The number of aromatic nitrogens is 1. The molecule has 1 saturated heterocycles. The van der Waals surface area contributed by atoms with Crippen molar-refractivity contribution >= 4 is 39.8 Å². The molecule has 0 atom stereocenters. The van der Waals surface area contributed by atoms with Gasteiger partial charge in [-0.15, -0.1) is 11.3 Å². The van der Waals surface area contributed by atoms with Crippen LogP contribution in [0.5, 0.6) is 0 Å². The van der Waals surface area contributed by atoms with E-state index in [0.29, 0.717) is 31.9 Å². The van der Waals surface area contributed by atoms with Gasteiger partial charge in [0.05, 0.1) is 23.2 Å². The number of pyridine rings is 1. The lowest BCUT2D eigenvalue weighted by molar-refractivity contribution is 0.0597. The Morgan fingerprint density at radius 1 is 1.00 bits per heavy atom. The number of methoxy groups -OCH3 is 1. The van der Waals surface area contributed by atoms with E-state index in [0.717, 1.165) is 41.5 Å². The Morgan fingerprint density at radius 2 is 1.73 bits per heavy atom. The average molecular weight is 466 g/mol. The Balaban J connectivity index is 1.57. The number of ether oxygens (including phenoxy) is 1. The summed E-state index contributed by atoms with van der Waals surface area (Å²) in [6.07, 6.45) is 4.04. The maximum atomic E-state index is 13.7. The molecule has 2 fully saturated rings. The number of carbonyl (C=O) groups excluding carboxylic acids is 2. The first-order valence-electron chi connectivity index (χ1n) is 11.4. The summed E-state index contributed by atoms with van der Waals surface area (Å²) in [5, 5.41) is 2.78. The van der Waals surface area contributed by atoms with Crippen molar-refractivity contribution in [2.75, 3.05) is 38.2 Å². The average Bonchev–Trinajstić information content (AvgIpc) is 3.57. The van der Waals surface area contributed by atoms with E-state index in [4.69, 9.17) is 4.74 Å². The van der Waals surface area contributed by atoms with Crippen molar-refractivity contribution in [3.8, 4) is 0 Å². The van der Waals surface area contributed by atoms with E-state index in [1.165, 1.54) is 18.4 Å². The van der Waals surface area contributed by atoms with E-state index in [9.17, 15) is 14.4 Å². The summed E-state index contributed by atoms with van der Waals surface area (Å²) in [5.41, 5.74) is 1.30. The van der Waals surface area contributed by atoms with Crippen LogP contribution in [0.2, 0.25) is 0 Å². The largest absolute Gasteiger partial charge is 0.465 e. The van der Waals surface area contributed by atoms with Gasteiger partial charge < -0.3 is 19.1 Å². The van der Waals surface area contributed by atoms with Crippen molar-refractivity contribution in [2.24, 2.45) is 0 Å². The zero-order valence-corrected chi connectivity index (χ0v) is 19.5.